The first-order valence-corrected chi connectivity index (χ1v) is 21.8. The number of unbranched alkanes of at least 4 members (excludes halogenated alkanes) is 2. The number of fused-ring (bicyclic) bond motifs is 2. The van der Waals surface area contributed by atoms with Gasteiger partial charge in [-0.05, 0) is 98.5 Å². The van der Waals surface area contributed by atoms with Gasteiger partial charge in [-0.1, -0.05) is 36.2 Å². The normalized spacial score (nSPS) is 23.8. The fourth-order valence-corrected chi connectivity index (χ4v) is 10.3. The van der Waals surface area contributed by atoms with Crippen LogP contribution in [0.2, 0.25) is 0 Å². The highest BCUT2D eigenvalue weighted by atomic mass is 32.2. The number of aliphatic hydroxyl groups is 2. The summed E-state index contributed by atoms with van der Waals surface area (Å²) in [6.45, 7) is 7.47. The number of benzene rings is 3. The number of likely N-dealkylation sites (N-methyl/N-ethyl adjacent to an activating group) is 1. The van der Waals surface area contributed by atoms with Crippen LogP contribution in [0, 0.1) is 27.9 Å². The lowest BCUT2D eigenvalue weighted by atomic mass is 9.55. The quantitative estimate of drug-likeness (QED) is 0.0446. The van der Waals surface area contributed by atoms with Crippen LogP contribution >= 0.6 is 0 Å². The maximum absolute atomic E-state index is 14.7. The van der Waals surface area contributed by atoms with Crippen LogP contribution in [0.1, 0.15) is 70.3 Å². The van der Waals surface area contributed by atoms with Gasteiger partial charge >= 0.3 is 0 Å². The fourth-order valence-electron chi connectivity index (χ4n) is 8.95. The molecule has 60 heavy (non-hydrogen) atoms. The molecule has 0 aromatic heterocycles. The van der Waals surface area contributed by atoms with E-state index in [9.17, 15) is 33.5 Å². The van der Waals surface area contributed by atoms with Crippen molar-refractivity contribution in [3.63, 3.8) is 0 Å². The highest BCUT2D eigenvalue weighted by Crippen LogP contribution is 2.62. The summed E-state index contributed by atoms with van der Waals surface area (Å²) in [6.07, 6.45) is 7.94. The zero-order chi connectivity index (χ0) is 43.0. The number of rotatable bonds is 20. The minimum Gasteiger partial charge on any atom is -0.460 e. The standard InChI is InChI=1S/C44H54N4O11S/c1-5-24-56-44-41(47(4)60(54,55)35-19-16-31(17-20-35)45-29(3)51)28-39(46-57-6-2)37-25-30(12-7-9-22-49)36(15-8-10-23-50)42(43(37)44)38-27-34(18-21-40(38)59-44)58-33-14-11-13-32(26-33)48(52)53/h5,11,13-14,16-21,25-27,30,36,41-43,49-50H,1,6-10,12,15,22-24,28H2,2-4H3,(H,45,51). The Balaban J connectivity index is 1.57. The van der Waals surface area contributed by atoms with Crippen molar-refractivity contribution in [2.24, 2.45) is 22.9 Å². The highest BCUT2D eigenvalue weighted by Gasteiger charge is 2.65. The topological polar surface area (TPSA) is 199 Å². The average Bonchev–Trinajstić information content (AvgIpc) is 3.23. The van der Waals surface area contributed by atoms with E-state index in [0.717, 1.165) is 24.0 Å². The molecule has 0 radical (unpaired) electrons. The summed E-state index contributed by atoms with van der Waals surface area (Å²) in [5, 5.41) is 38.6. The lowest BCUT2D eigenvalue weighted by Crippen LogP contribution is -2.69. The molecular formula is C44H54N4O11S. The number of nitro benzene ring substituents is 1. The second-order valence-corrected chi connectivity index (χ2v) is 17.3. The van der Waals surface area contributed by atoms with Crippen molar-refractivity contribution in [2.45, 2.75) is 81.4 Å². The summed E-state index contributed by atoms with van der Waals surface area (Å²) in [6, 6.07) is 16.2. The second-order valence-electron chi connectivity index (χ2n) is 15.3. The van der Waals surface area contributed by atoms with Gasteiger partial charge in [0.05, 0.1) is 40.2 Å². The number of carbonyl (C=O) groups excluding carboxylic acids is 1. The summed E-state index contributed by atoms with van der Waals surface area (Å²) in [5.41, 5.74) is 2.46. The van der Waals surface area contributed by atoms with E-state index in [1.165, 1.54) is 54.7 Å². The number of carbonyl (C=O) groups is 1. The monoisotopic (exact) mass is 846 g/mol. The fraction of sp³-hybridized carbons (Fsp3) is 0.455. The maximum atomic E-state index is 14.7. The molecule has 6 atom stereocenters. The number of aliphatic hydroxyl groups excluding tert-OH is 2. The lowest BCUT2D eigenvalue weighted by molar-refractivity contribution is -0.384. The third-order valence-electron chi connectivity index (χ3n) is 11.5. The molecule has 6 rings (SSSR count). The van der Waals surface area contributed by atoms with Gasteiger partial charge in [-0.3, -0.25) is 14.9 Å². The molecule has 1 heterocycles. The number of non-ortho nitro benzene ring substituents is 1. The Hall–Kier alpha value is -5.13. The summed E-state index contributed by atoms with van der Waals surface area (Å²) < 4.78 is 51.0. The van der Waals surface area contributed by atoms with Gasteiger partial charge in [-0.2, -0.15) is 4.31 Å². The van der Waals surface area contributed by atoms with E-state index in [0.29, 0.717) is 48.6 Å². The molecule has 3 aromatic rings. The van der Waals surface area contributed by atoms with Gasteiger partial charge in [-0.25, -0.2) is 8.42 Å². The number of hydrogen-bond acceptors (Lipinski definition) is 12. The predicted molar refractivity (Wildman–Crippen MR) is 225 cm³/mol. The van der Waals surface area contributed by atoms with Gasteiger partial charge in [0.2, 0.25) is 21.7 Å². The number of ether oxygens (including phenoxy) is 3. The van der Waals surface area contributed by atoms with Crippen molar-refractivity contribution in [1.82, 2.24) is 4.31 Å². The molecule has 3 aromatic carbocycles. The maximum Gasteiger partial charge on any atom is 0.273 e. The van der Waals surface area contributed by atoms with E-state index >= 15 is 0 Å². The number of anilines is 1. The van der Waals surface area contributed by atoms with Crippen molar-refractivity contribution < 1.29 is 47.4 Å². The molecule has 0 bridgehead atoms. The van der Waals surface area contributed by atoms with Crippen molar-refractivity contribution in [3.8, 4) is 17.2 Å². The lowest BCUT2D eigenvalue weighted by Gasteiger charge is -2.59. The number of nitrogens with one attached hydrogen (secondary N) is 1. The Morgan fingerprint density at radius 1 is 1.07 bits per heavy atom. The van der Waals surface area contributed by atoms with Gasteiger partial charge < -0.3 is 34.6 Å². The van der Waals surface area contributed by atoms with Gasteiger partial charge in [0.15, 0.2) is 0 Å². The molecule has 1 aliphatic heterocycles. The van der Waals surface area contributed by atoms with E-state index in [1.807, 2.05) is 13.0 Å². The minimum atomic E-state index is -4.25. The van der Waals surface area contributed by atoms with Crippen molar-refractivity contribution in [2.75, 3.05) is 38.8 Å². The molecule has 16 heteroatoms. The molecule has 1 fully saturated rings. The molecule has 2 aliphatic carbocycles. The third-order valence-corrected chi connectivity index (χ3v) is 13.4. The Morgan fingerprint density at radius 2 is 1.78 bits per heavy atom. The summed E-state index contributed by atoms with van der Waals surface area (Å²) in [7, 11) is -2.75. The highest BCUT2D eigenvalue weighted by molar-refractivity contribution is 7.89. The molecule has 322 valence electrons. The van der Waals surface area contributed by atoms with Crippen LogP contribution in [0.3, 0.4) is 0 Å². The number of nitrogens with zero attached hydrogens (tertiary/aromatic N) is 3. The van der Waals surface area contributed by atoms with E-state index in [-0.39, 0.29) is 72.8 Å². The minimum absolute atomic E-state index is 0.00669. The first-order chi connectivity index (χ1) is 28.9. The van der Waals surface area contributed by atoms with Crippen LogP contribution in [0.4, 0.5) is 11.4 Å². The third kappa shape index (κ3) is 9.27. The largest absolute Gasteiger partial charge is 0.460 e. The van der Waals surface area contributed by atoms with Crippen LogP contribution in [-0.4, -0.2) is 84.8 Å². The van der Waals surface area contributed by atoms with Crippen molar-refractivity contribution in [3.05, 3.63) is 107 Å². The first kappa shape index (κ1) is 44.4. The van der Waals surface area contributed by atoms with Crippen molar-refractivity contribution >= 4 is 33.0 Å². The number of hydrogen-bond donors (Lipinski definition) is 3. The van der Waals surface area contributed by atoms with Gasteiger partial charge in [0.25, 0.3) is 5.69 Å². The van der Waals surface area contributed by atoms with Crippen LogP contribution in [0.25, 0.3) is 0 Å². The zero-order valence-electron chi connectivity index (χ0n) is 34.2. The molecule has 6 unspecified atom stereocenters. The van der Waals surface area contributed by atoms with Gasteiger partial charge in [-0.15, -0.1) is 6.58 Å². The van der Waals surface area contributed by atoms with Crippen LogP contribution in [0.15, 0.2) is 101 Å². The number of amides is 1. The predicted octanol–water partition coefficient (Wildman–Crippen LogP) is 7.32. The van der Waals surface area contributed by atoms with Gasteiger partial charge in [0.1, 0.15) is 23.9 Å². The Labute approximate surface area is 350 Å². The summed E-state index contributed by atoms with van der Waals surface area (Å²) in [4.78, 5) is 28.5. The Morgan fingerprint density at radius 3 is 2.45 bits per heavy atom. The number of oxime groups is 1. The van der Waals surface area contributed by atoms with Crippen LogP contribution < -0.4 is 14.8 Å². The number of nitro groups is 1. The zero-order valence-corrected chi connectivity index (χ0v) is 35.0. The van der Waals surface area contributed by atoms with Gasteiger partial charge in [0, 0.05) is 56.8 Å². The molecule has 0 spiro atoms. The Kier molecular flexibility index (Phi) is 14.4. The summed E-state index contributed by atoms with van der Waals surface area (Å²) >= 11 is 0. The Bertz CT molecular complexity index is 2200. The average molecular weight is 847 g/mol. The van der Waals surface area contributed by atoms with Crippen molar-refractivity contribution in [1.29, 1.82) is 0 Å². The first-order valence-electron chi connectivity index (χ1n) is 20.4. The van der Waals surface area contributed by atoms with E-state index in [4.69, 9.17) is 19.0 Å². The molecule has 1 amide bonds. The van der Waals surface area contributed by atoms with Crippen LogP contribution in [0.5, 0.6) is 17.2 Å². The number of allylic oxidation sites excluding steroid dienone is 1. The summed E-state index contributed by atoms with van der Waals surface area (Å²) in [5.74, 6) is -1.92. The van der Waals surface area contributed by atoms with Crippen LogP contribution in [-0.2, 0) is 24.4 Å². The SMILES string of the molecule is C=CCOC12Oc3ccc(Oc4cccc([N+](=O)[O-])c4)cc3C3C(CCCCO)C(CCCCO)C=C(C(=NOCC)CC1N(C)S(=O)(=O)c1ccc(NC(C)=O)cc1)C32. The smallest absolute Gasteiger partial charge is 0.273 e. The molecular weight excluding hydrogens is 793 g/mol. The molecule has 3 N–H and O–H groups in total. The molecule has 1 saturated carbocycles. The molecule has 15 nitrogen and oxygen atoms in total. The van der Waals surface area contributed by atoms with E-state index in [1.54, 1.807) is 30.3 Å². The van der Waals surface area contributed by atoms with E-state index in [2.05, 4.69) is 23.1 Å². The second kappa shape index (κ2) is 19.5. The number of sulfonamides is 1. The van der Waals surface area contributed by atoms with E-state index < -0.39 is 32.7 Å². The molecule has 0 saturated heterocycles. The molecule has 3 aliphatic rings.